The molecule has 0 aliphatic heterocycles. The number of ether oxygens (including phenoxy) is 4. The molecule has 0 spiro atoms. The molecule has 3 N–H and O–H groups in total. The van der Waals surface area contributed by atoms with Crippen LogP contribution in [-0.4, -0.2) is 96.7 Å². The Bertz CT molecular complexity index is 1750. The van der Waals surface area contributed by atoms with Gasteiger partial charge in [0.05, 0.1) is 26.4 Å². The molecule has 0 aliphatic rings. The molecular weight excluding hydrogens is 1160 g/mol. The number of esters is 4. The number of rotatable bonds is 66. The molecule has 6 atom stereocenters. The molecule has 0 aromatic carbocycles. The van der Waals surface area contributed by atoms with E-state index in [-0.39, 0.29) is 25.7 Å². The van der Waals surface area contributed by atoms with Crippen molar-refractivity contribution in [2.45, 2.75) is 356 Å². The first-order valence-corrected chi connectivity index (χ1v) is 38.7. The van der Waals surface area contributed by atoms with E-state index in [0.29, 0.717) is 31.6 Å². The van der Waals surface area contributed by atoms with E-state index >= 15 is 0 Å². The fourth-order valence-corrected chi connectivity index (χ4v) is 11.9. The second-order valence-corrected chi connectivity index (χ2v) is 29.5. The average molecular weight is 1300 g/mol. The summed E-state index contributed by atoms with van der Waals surface area (Å²) in [5, 5.41) is 10.6. The van der Waals surface area contributed by atoms with Gasteiger partial charge >= 0.3 is 39.5 Å². The van der Waals surface area contributed by atoms with Crippen molar-refractivity contribution in [2.75, 3.05) is 39.6 Å². The Balaban J connectivity index is 5.26. The zero-order valence-corrected chi connectivity index (χ0v) is 59.1. The van der Waals surface area contributed by atoms with Crippen molar-refractivity contribution >= 4 is 39.5 Å². The van der Waals surface area contributed by atoms with Gasteiger partial charge in [-0.3, -0.25) is 37.3 Å². The van der Waals surface area contributed by atoms with Gasteiger partial charge in [-0.1, -0.05) is 287 Å². The van der Waals surface area contributed by atoms with Crippen molar-refractivity contribution in [3.8, 4) is 0 Å². The highest BCUT2D eigenvalue weighted by atomic mass is 31.2. The summed E-state index contributed by atoms with van der Waals surface area (Å²) in [6.07, 6.45) is 40.3. The molecule has 0 heterocycles. The summed E-state index contributed by atoms with van der Waals surface area (Å²) < 4.78 is 68.2. The number of phosphoric ester groups is 2. The van der Waals surface area contributed by atoms with Crippen LogP contribution in [0.1, 0.15) is 338 Å². The minimum atomic E-state index is -4.95. The summed E-state index contributed by atoms with van der Waals surface area (Å²) in [6.45, 7) is 14.1. The molecule has 0 saturated carbocycles. The Labute approximate surface area is 537 Å². The second kappa shape index (κ2) is 58.8. The summed E-state index contributed by atoms with van der Waals surface area (Å²) in [5.74, 6) is 0.852. The largest absolute Gasteiger partial charge is 0.472 e. The molecule has 4 unspecified atom stereocenters. The van der Waals surface area contributed by atoms with Gasteiger partial charge in [-0.15, -0.1) is 0 Å². The minimum absolute atomic E-state index is 0.104. The van der Waals surface area contributed by atoms with Crippen LogP contribution in [0.25, 0.3) is 0 Å². The van der Waals surface area contributed by atoms with Crippen LogP contribution in [-0.2, 0) is 65.4 Å². The van der Waals surface area contributed by atoms with Gasteiger partial charge in [-0.05, 0) is 49.4 Å². The lowest BCUT2D eigenvalue weighted by molar-refractivity contribution is -0.161. The zero-order chi connectivity index (χ0) is 65.4. The monoisotopic (exact) mass is 1300 g/mol. The topological polar surface area (TPSA) is 237 Å². The molecule has 88 heavy (non-hydrogen) atoms. The van der Waals surface area contributed by atoms with Crippen molar-refractivity contribution in [3.63, 3.8) is 0 Å². The molecule has 0 fully saturated rings. The Morgan fingerprint density at radius 2 is 0.545 bits per heavy atom. The number of hydrogen-bond acceptors (Lipinski definition) is 15. The smallest absolute Gasteiger partial charge is 0.462 e. The molecule has 19 heteroatoms. The van der Waals surface area contributed by atoms with Crippen molar-refractivity contribution in [2.24, 2.45) is 23.7 Å². The molecule has 522 valence electrons. The van der Waals surface area contributed by atoms with Crippen LogP contribution >= 0.6 is 15.6 Å². The molecular formula is C69H134O17P2. The third-order valence-corrected chi connectivity index (χ3v) is 18.1. The van der Waals surface area contributed by atoms with Gasteiger partial charge < -0.3 is 33.8 Å². The standard InChI is InChI=1S/C69H134O17P2/c1-9-62(8)48-40-32-24-15-11-13-17-26-35-43-51-68(73)85-65(56-80-67(72)50-42-34-28-20-23-31-39-47-61(6)7)58-84-88(77,78)82-54-63(70)53-81-87(75,76)83-57-64(86-69(74)52-44-36-27-19-18-22-30-38-46-60(4)5)55-79-66(71)49-41-33-25-16-12-10-14-21-29-37-45-59(2)3/h59-65,70H,9-58H2,1-8H3,(H,75,76)(H,77,78)/t62?,63?,64-,65-/m1/s1. The Hall–Kier alpha value is -1.94. The summed E-state index contributed by atoms with van der Waals surface area (Å²) in [6, 6.07) is 0. The molecule has 0 aliphatic carbocycles. The predicted octanol–water partition coefficient (Wildman–Crippen LogP) is 19.3. The fourth-order valence-electron chi connectivity index (χ4n) is 10.3. The van der Waals surface area contributed by atoms with Crippen molar-refractivity contribution in [3.05, 3.63) is 0 Å². The SMILES string of the molecule is CCC(C)CCCCCCCCCCCCC(=O)O[C@H](COC(=O)CCCCCCCCCC(C)C)COP(=O)(O)OCC(O)COP(=O)(O)OC[C@@H](COC(=O)CCCCCCCCCCCCC(C)C)OC(=O)CCCCCCCCCCC(C)C. The third kappa shape index (κ3) is 61.6. The molecule has 0 rings (SSSR count). The maximum atomic E-state index is 13.0. The summed E-state index contributed by atoms with van der Waals surface area (Å²) in [5.41, 5.74) is 0. The Kier molecular flexibility index (Phi) is 57.6. The van der Waals surface area contributed by atoms with Crippen LogP contribution in [0.2, 0.25) is 0 Å². The summed E-state index contributed by atoms with van der Waals surface area (Å²) >= 11 is 0. The molecule has 17 nitrogen and oxygen atoms in total. The lowest BCUT2D eigenvalue weighted by atomic mass is 9.99. The average Bonchev–Trinajstić information content (AvgIpc) is 3.49. The molecule has 0 aromatic rings. The van der Waals surface area contributed by atoms with Crippen molar-refractivity contribution < 1.29 is 80.2 Å². The maximum absolute atomic E-state index is 13.0. The van der Waals surface area contributed by atoms with E-state index in [1.165, 1.54) is 135 Å². The number of carbonyl (C=O) groups excluding carboxylic acids is 4. The van der Waals surface area contributed by atoms with Gasteiger partial charge in [0.1, 0.15) is 19.3 Å². The third-order valence-electron chi connectivity index (χ3n) is 16.2. The van der Waals surface area contributed by atoms with E-state index in [0.717, 1.165) is 114 Å². The van der Waals surface area contributed by atoms with E-state index in [9.17, 15) is 43.2 Å². The molecule has 0 amide bonds. The number of unbranched alkanes of at least 4 members (excludes halogenated alkanes) is 31. The first-order chi connectivity index (χ1) is 42.1. The number of carbonyl (C=O) groups is 4. The van der Waals surface area contributed by atoms with Crippen LogP contribution < -0.4 is 0 Å². The van der Waals surface area contributed by atoms with Gasteiger partial charge in [0.2, 0.25) is 0 Å². The van der Waals surface area contributed by atoms with E-state index in [4.69, 9.17) is 37.0 Å². The molecule has 0 bridgehead atoms. The van der Waals surface area contributed by atoms with E-state index in [1.54, 1.807) is 0 Å². The maximum Gasteiger partial charge on any atom is 0.472 e. The van der Waals surface area contributed by atoms with Crippen LogP contribution in [0.15, 0.2) is 0 Å². The van der Waals surface area contributed by atoms with Gasteiger partial charge in [0.15, 0.2) is 12.2 Å². The van der Waals surface area contributed by atoms with Crippen LogP contribution in [0.5, 0.6) is 0 Å². The van der Waals surface area contributed by atoms with E-state index in [1.807, 2.05) is 0 Å². The van der Waals surface area contributed by atoms with Crippen molar-refractivity contribution in [1.29, 1.82) is 0 Å². The predicted molar refractivity (Wildman–Crippen MR) is 354 cm³/mol. The highest BCUT2D eigenvalue weighted by Gasteiger charge is 2.30. The Morgan fingerprint density at radius 1 is 0.318 bits per heavy atom. The van der Waals surface area contributed by atoms with Gasteiger partial charge in [-0.25, -0.2) is 9.13 Å². The highest BCUT2D eigenvalue weighted by molar-refractivity contribution is 7.47. The lowest BCUT2D eigenvalue weighted by Crippen LogP contribution is -2.30. The minimum Gasteiger partial charge on any atom is -0.462 e. The lowest BCUT2D eigenvalue weighted by Gasteiger charge is -2.21. The Morgan fingerprint density at radius 3 is 0.807 bits per heavy atom. The van der Waals surface area contributed by atoms with Gasteiger partial charge in [-0.2, -0.15) is 0 Å². The van der Waals surface area contributed by atoms with E-state index < -0.39 is 97.5 Å². The number of aliphatic hydroxyl groups is 1. The highest BCUT2D eigenvalue weighted by Crippen LogP contribution is 2.45. The summed E-state index contributed by atoms with van der Waals surface area (Å²) in [4.78, 5) is 72.5. The van der Waals surface area contributed by atoms with Gasteiger partial charge in [0, 0.05) is 25.7 Å². The van der Waals surface area contributed by atoms with Gasteiger partial charge in [0.25, 0.3) is 0 Å². The quantitative estimate of drug-likeness (QED) is 0.0222. The van der Waals surface area contributed by atoms with E-state index in [2.05, 4.69) is 55.4 Å². The zero-order valence-electron chi connectivity index (χ0n) is 57.3. The number of hydrogen-bond donors (Lipinski definition) is 3. The second-order valence-electron chi connectivity index (χ2n) is 26.6. The first-order valence-electron chi connectivity index (χ1n) is 35.7. The molecule has 0 saturated heterocycles. The van der Waals surface area contributed by atoms with Crippen molar-refractivity contribution in [1.82, 2.24) is 0 Å². The van der Waals surface area contributed by atoms with Crippen LogP contribution in [0.4, 0.5) is 0 Å². The number of phosphoric acid groups is 2. The summed E-state index contributed by atoms with van der Waals surface area (Å²) in [7, 11) is -9.90. The molecule has 0 aromatic heterocycles. The number of aliphatic hydroxyl groups excluding tert-OH is 1. The molecule has 0 radical (unpaired) electrons. The van der Waals surface area contributed by atoms with Crippen LogP contribution in [0, 0.1) is 23.7 Å². The first kappa shape index (κ1) is 86.1. The fraction of sp³-hybridized carbons (Fsp3) is 0.942. The normalized spacial score (nSPS) is 14.6. The van der Waals surface area contributed by atoms with Crippen LogP contribution in [0.3, 0.4) is 0 Å².